The molecule has 2 saturated heterocycles. The fraction of sp³-hybridized carbons (Fsp3) is 0.800. The monoisotopic (exact) mass is 342 g/mol. The fourth-order valence-corrected chi connectivity index (χ4v) is 5.11. The lowest BCUT2D eigenvalue weighted by atomic mass is 9.57. The maximum absolute atomic E-state index is 13.1. The van der Waals surface area contributed by atoms with Gasteiger partial charge >= 0.3 is 6.03 Å². The molecule has 1 unspecified atom stereocenters. The van der Waals surface area contributed by atoms with Crippen molar-refractivity contribution in [1.29, 1.82) is 0 Å². The SMILES string of the molecule is O=C1CCC2(CC1)CC(N1C(=O)N(SF)C(=O)C13CCOC3)C2. The number of ketones is 1. The Kier molecular flexibility index (Phi) is 3.46. The summed E-state index contributed by atoms with van der Waals surface area (Å²) in [6, 6.07) is -0.613. The molecule has 0 aromatic rings. The summed E-state index contributed by atoms with van der Waals surface area (Å²) in [5.41, 5.74) is -0.897. The molecule has 0 aromatic heterocycles. The summed E-state index contributed by atoms with van der Waals surface area (Å²) in [5, 5.41) is 0. The molecule has 2 aliphatic carbocycles. The summed E-state index contributed by atoms with van der Waals surface area (Å²) in [5.74, 6) is -0.181. The largest absolute Gasteiger partial charge is 0.378 e. The number of halogens is 1. The van der Waals surface area contributed by atoms with Crippen LogP contribution in [0.4, 0.5) is 8.68 Å². The molecule has 4 aliphatic rings. The van der Waals surface area contributed by atoms with E-state index in [2.05, 4.69) is 0 Å². The second-order valence-corrected chi connectivity index (χ2v) is 7.76. The van der Waals surface area contributed by atoms with Gasteiger partial charge in [0.05, 0.1) is 6.61 Å². The molecule has 2 heterocycles. The molecule has 126 valence electrons. The number of rotatable bonds is 2. The van der Waals surface area contributed by atoms with E-state index in [0.717, 1.165) is 25.7 Å². The van der Waals surface area contributed by atoms with E-state index in [9.17, 15) is 18.3 Å². The molecule has 1 atom stereocenters. The van der Waals surface area contributed by atoms with Crippen molar-refractivity contribution in [2.75, 3.05) is 13.2 Å². The lowest BCUT2D eigenvalue weighted by Crippen LogP contribution is -2.61. The van der Waals surface area contributed by atoms with Crippen LogP contribution in [0.25, 0.3) is 0 Å². The number of nitrogens with zero attached hydrogens (tertiary/aromatic N) is 2. The Morgan fingerprint density at radius 1 is 1.13 bits per heavy atom. The first kappa shape index (κ1) is 15.4. The average Bonchev–Trinajstić information content (AvgIpc) is 3.05. The number of urea groups is 1. The van der Waals surface area contributed by atoms with Gasteiger partial charge in [0.25, 0.3) is 5.91 Å². The second-order valence-electron chi connectivity index (χ2n) is 7.26. The summed E-state index contributed by atoms with van der Waals surface area (Å²) in [4.78, 5) is 38.1. The predicted molar refractivity (Wildman–Crippen MR) is 79.9 cm³/mol. The van der Waals surface area contributed by atoms with Crippen LogP contribution in [-0.2, 0) is 14.3 Å². The van der Waals surface area contributed by atoms with Gasteiger partial charge in [0.15, 0.2) is 17.9 Å². The minimum atomic E-state index is -1.02. The molecule has 8 heteroatoms. The highest BCUT2D eigenvalue weighted by Gasteiger charge is 2.64. The zero-order valence-corrected chi connectivity index (χ0v) is 13.6. The Bertz CT molecular complexity index is 560. The molecule has 4 fully saturated rings. The Balaban J connectivity index is 1.55. The first-order valence-corrected chi connectivity index (χ1v) is 8.75. The minimum Gasteiger partial charge on any atom is -0.378 e. The van der Waals surface area contributed by atoms with Gasteiger partial charge < -0.3 is 9.64 Å². The lowest BCUT2D eigenvalue weighted by molar-refractivity contribution is -0.133. The van der Waals surface area contributed by atoms with Crippen LogP contribution in [0.15, 0.2) is 0 Å². The normalized spacial score (nSPS) is 34.0. The molecule has 0 N–H and O–H groups in total. The van der Waals surface area contributed by atoms with Crippen LogP contribution in [0.3, 0.4) is 0 Å². The molecule has 4 rings (SSSR count). The van der Waals surface area contributed by atoms with Crippen molar-refractivity contribution in [3.63, 3.8) is 0 Å². The third kappa shape index (κ3) is 2.07. The zero-order chi connectivity index (χ0) is 16.2. The van der Waals surface area contributed by atoms with E-state index in [1.54, 1.807) is 4.90 Å². The molecule has 0 aromatic carbocycles. The van der Waals surface area contributed by atoms with Crippen molar-refractivity contribution in [2.24, 2.45) is 5.41 Å². The van der Waals surface area contributed by atoms with Gasteiger partial charge in [-0.2, -0.15) is 4.31 Å². The highest BCUT2D eigenvalue weighted by Crippen LogP contribution is 2.55. The van der Waals surface area contributed by atoms with Gasteiger partial charge in [0.1, 0.15) is 5.78 Å². The van der Waals surface area contributed by atoms with Crippen LogP contribution in [0.5, 0.6) is 0 Å². The van der Waals surface area contributed by atoms with E-state index in [4.69, 9.17) is 4.74 Å². The number of ether oxygens (including phenoxy) is 1. The van der Waals surface area contributed by atoms with Crippen LogP contribution in [0, 0.1) is 5.41 Å². The smallest absolute Gasteiger partial charge is 0.340 e. The third-order valence-corrected chi connectivity index (χ3v) is 6.52. The molecule has 23 heavy (non-hydrogen) atoms. The molecule has 2 aliphatic heterocycles. The van der Waals surface area contributed by atoms with Crippen molar-refractivity contribution in [2.45, 2.75) is 56.5 Å². The number of imide groups is 1. The predicted octanol–water partition coefficient (Wildman–Crippen LogP) is 2.23. The highest BCUT2D eigenvalue weighted by atomic mass is 32.2. The maximum atomic E-state index is 13.1. The standard InChI is InChI=1S/C15H19FN2O4S/c16-23-18-12(20)15(5-6-22-9-15)17(13(18)21)10-7-14(8-10)3-1-11(19)2-4-14/h10H,1-9H2. The van der Waals surface area contributed by atoms with Crippen molar-refractivity contribution in [1.82, 2.24) is 9.21 Å². The maximum Gasteiger partial charge on any atom is 0.340 e. The van der Waals surface area contributed by atoms with Gasteiger partial charge in [0.2, 0.25) is 0 Å². The third-order valence-electron chi connectivity index (χ3n) is 6.06. The van der Waals surface area contributed by atoms with E-state index in [-0.39, 0.29) is 30.4 Å². The van der Waals surface area contributed by atoms with E-state index in [1.807, 2.05) is 0 Å². The number of amides is 3. The van der Waals surface area contributed by atoms with Crippen molar-refractivity contribution in [3.8, 4) is 0 Å². The molecular formula is C15H19FN2O4S. The fourth-order valence-electron chi connectivity index (χ4n) is 4.73. The summed E-state index contributed by atoms with van der Waals surface area (Å²) in [6.07, 6.45) is 4.97. The lowest BCUT2D eigenvalue weighted by Gasteiger charge is -2.54. The van der Waals surface area contributed by atoms with Gasteiger partial charge in [-0.15, -0.1) is 3.89 Å². The second kappa shape index (κ2) is 5.17. The molecular weight excluding hydrogens is 323 g/mol. The Morgan fingerprint density at radius 2 is 1.83 bits per heavy atom. The first-order chi connectivity index (χ1) is 11.0. The van der Waals surface area contributed by atoms with Gasteiger partial charge in [-0.05, 0) is 31.1 Å². The van der Waals surface area contributed by atoms with Crippen LogP contribution in [-0.4, -0.2) is 51.7 Å². The first-order valence-electron chi connectivity index (χ1n) is 8.07. The molecule has 3 amide bonds. The Labute approximate surface area is 138 Å². The highest BCUT2D eigenvalue weighted by molar-refractivity contribution is 7.93. The van der Waals surface area contributed by atoms with E-state index in [1.165, 1.54) is 0 Å². The van der Waals surface area contributed by atoms with Crippen LogP contribution < -0.4 is 0 Å². The molecule has 6 nitrogen and oxygen atoms in total. The number of carbonyl (C=O) groups excluding carboxylic acids is 3. The van der Waals surface area contributed by atoms with E-state index < -0.39 is 17.5 Å². The van der Waals surface area contributed by atoms with E-state index in [0.29, 0.717) is 36.0 Å². The van der Waals surface area contributed by atoms with Gasteiger partial charge in [0, 0.05) is 31.9 Å². The molecule has 0 bridgehead atoms. The van der Waals surface area contributed by atoms with Crippen LogP contribution >= 0.6 is 12.3 Å². The number of carbonyl (C=O) groups is 3. The summed E-state index contributed by atoms with van der Waals surface area (Å²) in [7, 11) is 0. The quantitative estimate of drug-likeness (QED) is 0.569. The number of hydrogen-bond donors (Lipinski definition) is 0. The van der Waals surface area contributed by atoms with Crippen molar-refractivity contribution in [3.05, 3.63) is 0 Å². The minimum absolute atomic E-state index is 0.0569. The Morgan fingerprint density at radius 3 is 2.39 bits per heavy atom. The Hall–Kier alpha value is -1.15. The average molecular weight is 342 g/mol. The topological polar surface area (TPSA) is 66.9 Å². The van der Waals surface area contributed by atoms with Gasteiger partial charge in [-0.3, -0.25) is 9.59 Å². The molecule has 0 radical (unpaired) electrons. The molecule has 2 spiro atoms. The van der Waals surface area contributed by atoms with Gasteiger partial charge in [-0.1, -0.05) is 0 Å². The van der Waals surface area contributed by atoms with Gasteiger partial charge in [-0.25, -0.2) is 4.79 Å². The van der Waals surface area contributed by atoms with Crippen molar-refractivity contribution < 1.29 is 23.0 Å². The summed E-state index contributed by atoms with van der Waals surface area (Å²) in [6.45, 7) is 0.559. The van der Waals surface area contributed by atoms with E-state index >= 15 is 0 Å². The van der Waals surface area contributed by atoms with Crippen molar-refractivity contribution >= 4 is 30.1 Å². The van der Waals surface area contributed by atoms with Crippen LogP contribution in [0.1, 0.15) is 44.9 Å². The number of Topliss-reactive ketones (excluding diaryl/α,β-unsaturated/α-hetero) is 1. The summed E-state index contributed by atoms with van der Waals surface area (Å²) < 4.78 is 19.1. The zero-order valence-electron chi connectivity index (χ0n) is 12.8. The number of hydrogen-bond acceptors (Lipinski definition) is 5. The van der Waals surface area contributed by atoms with Crippen LogP contribution in [0.2, 0.25) is 0 Å². The molecule has 2 saturated carbocycles. The summed E-state index contributed by atoms with van der Waals surface area (Å²) >= 11 is -0.315.